The first-order chi connectivity index (χ1) is 21.2. The summed E-state index contributed by atoms with van der Waals surface area (Å²) in [4.78, 5) is 20.6. The Hall–Kier alpha value is -5.18. The Morgan fingerprint density at radius 3 is 2.48 bits per heavy atom. The quantitative estimate of drug-likeness (QED) is 0.135. The lowest BCUT2D eigenvalue weighted by atomic mass is 10.2. The number of methoxy groups -OCH3 is 1. The number of hydrogen-bond donors (Lipinski definition) is 0. The van der Waals surface area contributed by atoms with E-state index in [9.17, 15) is 26.7 Å². The largest absolute Gasteiger partial charge is 0.497 e. The maximum Gasteiger partial charge on any atom is 0.288 e. The number of amides is 1. The molecule has 0 N–H and O–H groups in total. The molecule has 3 heterocycles. The smallest absolute Gasteiger partial charge is 0.288 e. The third-order valence-corrected chi connectivity index (χ3v) is 6.32. The summed E-state index contributed by atoms with van der Waals surface area (Å²) in [6.45, 7) is -1.07. The normalized spacial score (nSPS) is 12.0. The molecule has 0 fully saturated rings. The first kappa shape index (κ1) is 30.3. The van der Waals surface area contributed by atoms with Crippen molar-refractivity contribution in [2.75, 3.05) is 18.6 Å². The highest BCUT2D eigenvalue weighted by molar-refractivity contribution is 5.94. The molecule has 1 atom stereocenters. The molecule has 0 saturated heterocycles. The average Bonchev–Trinajstić information content (AvgIpc) is 3.70. The summed E-state index contributed by atoms with van der Waals surface area (Å²) in [5.74, 6) is -3.97. The highest BCUT2D eigenvalue weighted by atomic mass is 19.3. The van der Waals surface area contributed by atoms with Gasteiger partial charge in [0, 0.05) is 11.6 Å². The van der Waals surface area contributed by atoms with Gasteiger partial charge < -0.3 is 14.0 Å². The summed E-state index contributed by atoms with van der Waals surface area (Å²) >= 11 is 0. The Kier molecular flexibility index (Phi) is 9.23. The summed E-state index contributed by atoms with van der Waals surface area (Å²) < 4.78 is 87.8. The lowest BCUT2D eigenvalue weighted by Gasteiger charge is -2.25. The second-order valence-electron chi connectivity index (χ2n) is 9.23. The molecular weight excluding hydrogens is 591 g/mol. The van der Waals surface area contributed by atoms with Crippen LogP contribution in [0, 0.1) is 11.6 Å². The number of aromatic nitrogens is 5. The van der Waals surface area contributed by atoms with Crippen molar-refractivity contribution < 1.29 is 40.7 Å². The van der Waals surface area contributed by atoms with E-state index in [0.717, 1.165) is 0 Å². The Bertz CT molecular complexity index is 1720. The van der Waals surface area contributed by atoms with Crippen molar-refractivity contribution in [3.8, 4) is 28.7 Å². The summed E-state index contributed by atoms with van der Waals surface area (Å²) in [6, 6.07) is 15.5. The molecule has 228 valence electrons. The van der Waals surface area contributed by atoms with Crippen molar-refractivity contribution in [1.82, 2.24) is 24.9 Å². The molecule has 2 aromatic carbocycles. The number of alkyl halides is 3. The van der Waals surface area contributed by atoms with Gasteiger partial charge in [-0.3, -0.25) is 14.4 Å². The van der Waals surface area contributed by atoms with Crippen LogP contribution in [0.3, 0.4) is 0 Å². The van der Waals surface area contributed by atoms with Crippen molar-refractivity contribution >= 4 is 11.7 Å². The Morgan fingerprint density at radius 1 is 1.02 bits per heavy atom. The predicted molar refractivity (Wildman–Crippen MR) is 145 cm³/mol. The summed E-state index contributed by atoms with van der Waals surface area (Å²) in [7, 11) is 1.49. The molecule has 1 unspecified atom stereocenters. The van der Waals surface area contributed by atoms with Gasteiger partial charge in [-0.15, -0.1) is 0 Å². The van der Waals surface area contributed by atoms with E-state index in [1.165, 1.54) is 42.3 Å². The van der Waals surface area contributed by atoms with E-state index in [4.69, 9.17) is 14.0 Å². The lowest BCUT2D eigenvalue weighted by Crippen LogP contribution is -2.45. The fourth-order valence-corrected chi connectivity index (χ4v) is 4.17. The van der Waals surface area contributed by atoms with Gasteiger partial charge in [-0.05, 0) is 29.8 Å². The molecule has 0 aliphatic rings. The Morgan fingerprint density at radius 2 is 1.80 bits per heavy atom. The van der Waals surface area contributed by atoms with Crippen LogP contribution in [0.1, 0.15) is 11.1 Å². The second kappa shape index (κ2) is 13.4. The fraction of sp³-hybridized carbons (Fsp3) is 0.207. The number of carbonyl (C=O) groups excluding carboxylic acids is 1. The van der Waals surface area contributed by atoms with Crippen LogP contribution in [0.15, 0.2) is 77.6 Å². The summed E-state index contributed by atoms with van der Waals surface area (Å²) in [5.41, 5.74) is 1.48. The average molecular weight is 615 g/mol. The Balaban J connectivity index is 1.44. The SMILES string of the molecule is COc1ccc(COCC(=O)N(c2nc(-c3cc(-c4ccon4)n(Cc4ccccc4F)n3)ncc2F)C(F)C(F)F)cc1. The number of carbonyl (C=O) groups is 1. The van der Waals surface area contributed by atoms with Crippen molar-refractivity contribution in [1.29, 1.82) is 0 Å². The number of hydrogen-bond acceptors (Lipinski definition) is 8. The van der Waals surface area contributed by atoms with Crippen LogP contribution < -0.4 is 9.64 Å². The molecule has 10 nitrogen and oxygen atoms in total. The zero-order chi connectivity index (χ0) is 31.2. The van der Waals surface area contributed by atoms with Crippen LogP contribution in [0.5, 0.6) is 5.75 Å². The van der Waals surface area contributed by atoms with Crippen LogP contribution in [0.4, 0.5) is 27.8 Å². The first-order valence-corrected chi connectivity index (χ1v) is 12.9. The molecule has 0 bridgehead atoms. The first-order valence-electron chi connectivity index (χ1n) is 12.9. The van der Waals surface area contributed by atoms with E-state index in [1.54, 1.807) is 36.4 Å². The number of rotatable bonds is 12. The maximum absolute atomic E-state index is 14.9. The minimum absolute atomic E-state index is 0.0313. The van der Waals surface area contributed by atoms with E-state index in [0.29, 0.717) is 28.9 Å². The van der Waals surface area contributed by atoms with Crippen LogP contribution >= 0.6 is 0 Å². The van der Waals surface area contributed by atoms with Gasteiger partial charge in [0.05, 0.1) is 32.2 Å². The van der Waals surface area contributed by atoms with Gasteiger partial charge in [-0.1, -0.05) is 35.5 Å². The fourth-order valence-electron chi connectivity index (χ4n) is 4.17. The van der Waals surface area contributed by atoms with E-state index in [-0.39, 0.29) is 35.1 Å². The van der Waals surface area contributed by atoms with E-state index in [1.807, 2.05) is 0 Å². The molecule has 3 aromatic heterocycles. The molecule has 0 aliphatic carbocycles. The third kappa shape index (κ3) is 6.72. The standard InChI is InChI=1S/C29H23F5N6O4/c1-42-19-8-6-17(7-9-19)15-43-16-25(41)40(27(34)26(32)33)29-21(31)13-35-28(36-29)23-12-24(22-10-11-44-38-22)39(37-23)14-18-4-2-3-5-20(18)30/h2-13,26-27H,14-16H2,1H3. The molecule has 0 radical (unpaired) electrons. The number of halogens is 5. The van der Waals surface area contributed by atoms with Crippen molar-refractivity contribution in [3.05, 3.63) is 95.9 Å². The molecule has 15 heteroatoms. The van der Waals surface area contributed by atoms with Crippen LogP contribution in [-0.2, 0) is 22.7 Å². The zero-order valence-electron chi connectivity index (χ0n) is 22.9. The van der Waals surface area contributed by atoms with Crippen molar-refractivity contribution in [2.24, 2.45) is 0 Å². The van der Waals surface area contributed by atoms with Gasteiger partial charge in [-0.2, -0.15) is 5.10 Å². The van der Waals surface area contributed by atoms with Crippen molar-refractivity contribution in [3.63, 3.8) is 0 Å². The van der Waals surface area contributed by atoms with Gasteiger partial charge >= 0.3 is 0 Å². The van der Waals surface area contributed by atoms with Gasteiger partial charge in [0.1, 0.15) is 35.8 Å². The Labute approximate surface area is 246 Å². The molecular formula is C29H23F5N6O4. The number of benzene rings is 2. The molecule has 0 spiro atoms. The van der Waals surface area contributed by atoms with Crippen LogP contribution in [0.2, 0.25) is 0 Å². The predicted octanol–water partition coefficient (Wildman–Crippen LogP) is 5.44. The van der Waals surface area contributed by atoms with Crippen molar-refractivity contribution in [2.45, 2.75) is 25.9 Å². The van der Waals surface area contributed by atoms with Gasteiger partial charge in [0.25, 0.3) is 12.3 Å². The molecule has 5 aromatic rings. The topological polar surface area (TPSA) is 108 Å². The lowest BCUT2D eigenvalue weighted by molar-refractivity contribution is -0.126. The number of ether oxygens (including phenoxy) is 2. The minimum atomic E-state index is -3.70. The van der Waals surface area contributed by atoms with Gasteiger partial charge in [0.2, 0.25) is 6.30 Å². The number of anilines is 1. The molecule has 5 rings (SSSR count). The highest BCUT2D eigenvalue weighted by Crippen LogP contribution is 2.29. The minimum Gasteiger partial charge on any atom is -0.497 e. The van der Waals surface area contributed by atoms with Gasteiger partial charge in [-0.25, -0.2) is 31.9 Å². The summed E-state index contributed by atoms with van der Waals surface area (Å²) in [6.07, 6.45) is -5.06. The zero-order valence-corrected chi connectivity index (χ0v) is 22.9. The van der Waals surface area contributed by atoms with E-state index < -0.39 is 42.7 Å². The molecule has 44 heavy (non-hydrogen) atoms. The molecule has 0 aliphatic heterocycles. The monoisotopic (exact) mass is 614 g/mol. The molecule has 1 amide bonds. The third-order valence-electron chi connectivity index (χ3n) is 6.32. The van der Waals surface area contributed by atoms with E-state index in [2.05, 4.69) is 20.2 Å². The van der Waals surface area contributed by atoms with Crippen LogP contribution in [-0.4, -0.2) is 57.3 Å². The second-order valence-corrected chi connectivity index (χ2v) is 9.23. The van der Waals surface area contributed by atoms with Gasteiger partial charge in [0.15, 0.2) is 17.5 Å². The van der Waals surface area contributed by atoms with E-state index >= 15 is 0 Å². The van der Waals surface area contributed by atoms with Crippen LogP contribution in [0.25, 0.3) is 22.9 Å². The number of nitrogens with zero attached hydrogens (tertiary/aromatic N) is 6. The molecule has 0 saturated carbocycles. The summed E-state index contributed by atoms with van der Waals surface area (Å²) in [5, 5.41) is 8.23. The highest BCUT2D eigenvalue weighted by Gasteiger charge is 2.36. The maximum atomic E-state index is 14.9.